The summed E-state index contributed by atoms with van der Waals surface area (Å²) in [7, 11) is 0. The molecule has 0 spiro atoms. The fraction of sp³-hybridized carbons (Fsp3) is 0.227. The summed E-state index contributed by atoms with van der Waals surface area (Å²) >= 11 is 0. The van der Waals surface area contributed by atoms with Crippen LogP contribution in [0.4, 0.5) is 21.7 Å². The van der Waals surface area contributed by atoms with Crippen LogP contribution in [0.2, 0.25) is 0 Å². The standard InChI is InChI=1S/C22H22FN5O/c23-18-5-3-4-17(14-18)15-22(29)26-19-7-8-21(25-16-19)28-12-10-27(11-13-28)20-6-1-2-9-24-20/h1-9,14,16H,10-13,15H2,(H,26,29). The van der Waals surface area contributed by atoms with Crippen molar-refractivity contribution in [1.82, 2.24) is 9.97 Å². The van der Waals surface area contributed by atoms with E-state index in [0.717, 1.165) is 37.8 Å². The van der Waals surface area contributed by atoms with Crippen LogP contribution in [0, 0.1) is 5.82 Å². The lowest BCUT2D eigenvalue weighted by atomic mass is 10.1. The number of anilines is 3. The van der Waals surface area contributed by atoms with Crippen molar-refractivity contribution in [3.8, 4) is 0 Å². The van der Waals surface area contributed by atoms with Gasteiger partial charge in [0.15, 0.2) is 0 Å². The predicted molar refractivity (Wildman–Crippen MR) is 112 cm³/mol. The number of carbonyl (C=O) groups is 1. The summed E-state index contributed by atoms with van der Waals surface area (Å²) in [5, 5.41) is 2.81. The molecular formula is C22H22FN5O. The summed E-state index contributed by atoms with van der Waals surface area (Å²) in [6, 6.07) is 15.8. The number of halogens is 1. The van der Waals surface area contributed by atoms with Crippen LogP contribution in [-0.2, 0) is 11.2 Å². The number of aromatic nitrogens is 2. The Morgan fingerprint density at radius 2 is 1.69 bits per heavy atom. The molecule has 1 amide bonds. The van der Waals surface area contributed by atoms with Crippen molar-refractivity contribution in [2.75, 3.05) is 41.3 Å². The molecule has 6 nitrogen and oxygen atoms in total. The van der Waals surface area contributed by atoms with Crippen LogP contribution in [0.3, 0.4) is 0 Å². The van der Waals surface area contributed by atoms with E-state index in [2.05, 4.69) is 25.1 Å². The summed E-state index contributed by atoms with van der Waals surface area (Å²) < 4.78 is 13.2. The van der Waals surface area contributed by atoms with E-state index in [9.17, 15) is 9.18 Å². The minimum atomic E-state index is -0.343. The molecule has 1 fully saturated rings. The zero-order valence-electron chi connectivity index (χ0n) is 16.0. The number of pyridine rings is 2. The van der Waals surface area contributed by atoms with Gasteiger partial charge in [0, 0.05) is 32.4 Å². The third-order valence-corrected chi connectivity index (χ3v) is 4.86. The third kappa shape index (κ3) is 4.87. The third-order valence-electron chi connectivity index (χ3n) is 4.86. The minimum absolute atomic E-state index is 0.120. The number of carbonyl (C=O) groups excluding carboxylic acids is 1. The molecule has 0 atom stereocenters. The topological polar surface area (TPSA) is 61.4 Å². The summed E-state index contributed by atoms with van der Waals surface area (Å²) in [5.74, 6) is 1.34. The van der Waals surface area contributed by atoms with E-state index in [0.29, 0.717) is 11.3 Å². The molecule has 29 heavy (non-hydrogen) atoms. The van der Waals surface area contributed by atoms with E-state index in [1.807, 2.05) is 36.5 Å². The number of piperazine rings is 1. The summed E-state index contributed by atoms with van der Waals surface area (Å²) in [4.78, 5) is 25.5. The molecule has 0 saturated carbocycles. The Morgan fingerprint density at radius 1 is 0.931 bits per heavy atom. The lowest BCUT2D eigenvalue weighted by molar-refractivity contribution is -0.115. The molecule has 3 aromatic rings. The smallest absolute Gasteiger partial charge is 0.228 e. The second-order valence-corrected chi connectivity index (χ2v) is 6.92. The Balaban J connectivity index is 1.31. The van der Waals surface area contributed by atoms with Crippen LogP contribution in [0.1, 0.15) is 5.56 Å². The van der Waals surface area contributed by atoms with Gasteiger partial charge in [-0.3, -0.25) is 4.79 Å². The fourth-order valence-electron chi connectivity index (χ4n) is 3.39. The number of nitrogens with one attached hydrogen (secondary N) is 1. The number of amides is 1. The van der Waals surface area contributed by atoms with Crippen molar-refractivity contribution in [3.05, 3.63) is 78.4 Å². The minimum Gasteiger partial charge on any atom is -0.353 e. The molecule has 0 aliphatic carbocycles. The highest BCUT2D eigenvalue weighted by molar-refractivity contribution is 5.92. The van der Waals surface area contributed by atoms with Gasteiger partial charge in [0.2, 0.25) is 5.91 Å². The molecule has 0 unspecified atom stereocenters. The Hall–Kier alpha value is -3.48. The average molecular weight is 391 g/mol. The Bertz CT molecular complexity index is 956. The highest BCUT2D eigenvalue weighted by Gasteiger charge is 2.19. The molecule has 1 saturated heterocycles. The molecule has 2 aromatic heterocycles. The average Bonchev–Trinajstić information content (AvgIpc) is 2.75. The second kappa shape index (κ2) is 8.68. The quantitative estimate of drug-likeness (QED) is 0.724. The molecule has 0 bridgehead atoms. The first-order chi connectivity index (χ1) is 14.2. The zero-order valence-corrected chi connectivity index (χ0v) is 16.0. The van der Waals surface area contributed by atoms with E-state index < -0.39 is 0 Å². The molecule has 4 rings (SSSR count). The Kier molecular flexibility index (Phi) is 5.65. The van der Waals surface area contributed by atoms with Crippen LogP contribution >= 0.6 is 0 Å². The largest absolute Gasteiger partial charge is 0.353 e. The molecule has 1 aliphatic heterocycles. The van der Waals surface area contributed by atoms with Gasteiger partial charge in [-0.2, -0.15) is 0 Å². The van der Waals surface area contributed by atoms with Crippen molar-refractivity contribution in [2.24, 2.45) is 0 Å². The van der Waals surface area contributed by atoms with Crippen LogP contribution in [0.15, 0.2) is 67.0 Å². The first-order valence-electron chi connectivity index (χ1n) is 9.59. The van der Waals surface area contributed by atoms with Crippen LogP contribution < -0.4 is 15.1 Å². The van der Waals surface area contributed by atoms with E-state index in [1.54, 1.807) is 18.3 Å². The van der Waals surface area contributed by atoms with Crippen LogP contribution in [-0.4, -0.2) is 42.1 Å². The van der Waals surface area contributed by atoms with Crippen LogP contribution in [0.25, 0.3) is 0 Å². The highest BCUT2D eigenvalue weighted by Crippen LogP contribution is 2.19. The lowest BCUT2D eigenvalue weighted by Gasteiger charge is -2.36. The van der Waals surface area contributed by atoms with Gasteiger partial charge in [-0.05, 0) is 42.0 Å². The van der Waals surface area contributed by atoms with E-state index in [1.165, 1.54) is 12.1 Å². The van der Waals surface area contributed by atoms with E-state index >= 15 is 0 Å². The lowest BCUT2D eigenvalue weighted by Crippen LogP contribution is -2.47. The van der Waals surface area contributed by atoms with Gasteiger partial charge < -0.3 is 15.1 Å². The molecule has 7 heteroatoms. The van der Waals surface area contributed by atoms with Gasteiger partial charge in [0.25, 0.3) is 0 Å². The molecule has 1 N–H and O–H groups in total. The van der Waals surface area contributed by atoms with Gasteiger partial charge in [0.05, 0.1) is 18.3 Å². The van der Waals surface area contributed by atoms with Gasteiger partial charge in [-0.25, -0.2) is 14.4 Å². The second-order valence-electron chi connectivity index (χ2n) is 6.92. The molecule has 148 valence electrons. The highest BCUT2D eigenvalue weighted by atomic mass is 19.1. The molecule has 1 aliphatic rings. The van der Waals surface area contributed by atoms with Crippen molar-refractivity contribution in [2.45, 2.75) is 6.42 Å². The maximum Gasteiger partial charge on any atom is 0.228 e. The number of nitrogens with zero attached hydrogens (tertiary/aromatic N) is 4. The number of hydrogen-bond donors (Lipinski definition) is 1. The molecule has 0 radical (unpaired) electrons. The number of benzene rings is 1. The van der Waals surface area contributed by atoms with Crippen LogP contribution in [0.5, 0.6) is 0 Å². The van der Waals surface area contributed by atoms with Gasteiger partial charge >= 0.3 is 0 Å². The van der Waals surface area contributed by atoms with E-state index in [4.69, 9.17) is 0 Å². The monoisotopic (exact) mass is 391 g/mol. The normalized spacial score (nSPS) is 14.0. The Morgan fingerprint density at radius 3 is 2.31 bits per heavy atom. The maximum atomic E-state index is 13.2. The zero-order chi connectivity index (χ0) is 20.1. The van der Waals surface area contributed by atoms with Gasteiger partial charge in [0.1, 0.15) is 17.5 Å². The van der Waals surface area contributed by atoms with Gasteiger partial charge in [-0.1, -0.05) is 18.2 Å². The van der Waals surface area contributed by atoms with Crippen molar-refractivity contribution in [3.63, 3.8) is 0 Å². The summed E-state index contributed by atoms with van der Waals surface area (Å²) in [5.41, 5.74) is 1.26. The maximum absolute atomic E-state index is 13.2. The fourth-order valence-corrected chi connectivity index (χ4v) is 3.39. The summed E-state index contributed by atoms with van der Waals surface area (Å²) in [6.45, 7) is 3.47. The molecule has 1 aromatic carbocycles. The first kappa shape index (κ1) is 18.9. The summed E-state index contributed by atoms with van der Waals surface area (Å²) in [6.07, 6.45) is 3.59. The molecule has 3 heterocycles. The van der Waals surface area contributed by atoms with Crippen molar-refractivity contribution < 1.29 is 9.18 Å². The van der Waals surface area contributed by atoms with Gasteiger partial charge in [-0.15, -0.1) is 0 Å². The van der Waals surface area contributed by atoms with Crippen molar-refractivity contribution >= 4 is 23.2 Å². The number of hydrogen-bond acceptors (Lipinski definition) is 5. The molecular weight excluding hydrogens is 369 g/mol. The van der Waals surface area contributed by atoms with Crippen molar-refractivity contribution in [1.29, 1.82) is 0 Å². The number of rotatable bonds is 5. The Labute approximate surface area is 169 Å². The first-order valence-corrected chi connectivity index (χ1v) is 9.59. The SMILES string of the molecule is O=C(Cc1cccc(F)c1)Nc1ccc(N2CCN(c3ccccn3)CC2)nc1. The van der Waals surface area contributed by atoms with E-state index in [-0.39, 0.29) is 18.1 Å². The predicted octanol–water partition coefficient (Wildman–Crippen LogP) is 3.12.